The number of hydrogen-bond donors (Lipinski definition) is 2. The van der Waals surface area contributed by atoms with E-state index in [2.05, 4.69) is 5.32 Å². The van der Waals surface area contributed by atoms with Gasteiger partial charge in [0.25, 0.3) is 5.91 Å². The minimum Gasteiger partial charge on any atom is -0.485 e. The highest BCUT2D eigenvalue weighted by Gasteiger charge is 2.31. The van der Waals surface area contributed by atoms with Crippen molar-refractivity contribution in [3.05, 3.63) is 48.4 Å². The molecule has 2 N–H and O–H groups in total. The molecule has 0 saturated carbocycles. The van der Waals surface area contributed by atoms with Crippen LogP contribution in [0.3, 0.4) is 0 Å². The standard InChI is InChI=1S/C16H17NO5/c1-16(19,14-7-4-8-20-14)10-17-15(18)13-9-21-11-5-2-3-6-12(11)22-13/h2-8,13,19H,9-10H2,1H3,(H,17,18). The van der Waals surface area contributed by atoms with Gasteiger partial charge in [-0.15, -0.1) is 0 Å². The molecule has 2 atom stereocenters. The van der Waals surface area contributed by atoms with Crippen molar-refractivity contribution in [3.63, 3.8) is 0 Å². The number of hydrogen-bond acceptors (Lipinski definition) is 5. The molecule has 2 heterocycles. The zero-order valence-corrected chi connectivity index (χ0v) is 12.1. The van der Waals surface area contributed by atoms with Gasteiger partial charge in [-0.2, -0.15) is 0 Å². The molecule has 22 heavy (non-hydrogen) atoms. The summed E-state index contributed by atoms with van der Waals surface area (Å²) in [6, 6.07) is 10.5. The van der Waals surface area contributed by atoms with Gasteiger partial charge in [-0.3, -0.25) is 4.79 Å². The zero-order chi connectivity index (χ0) is 15.6. The molecule has 0 fully saturated rings. The molecular weight excluding hydrogens is 286 g/mol. The van der Waals surface area contributed by atoms with Crippen LogP contribution >= 0.6 is 0 Å². The Labute approximate surface area is 127 Å². The number of para-hydroxylation sites is 2. The van der Waals surface area contributed by atoms with Crippen LogP contribution in [0.2, 0.25) is 0 Å². The Bertz CT molecular complexity index is 650. The van der Waals surface area contributed by atoms with E-state index in [4.69, 9.17) is 13.9 Å². The Morgan fingerprint density at radius 1 is 1.32 bits per heavy atom. The first kappa shape index (κ1) is 14.5. The fourth-order valence-electron chi connectivity index (χ4n) is 2.19. The van der Waals surface area contributed by atoms with Crippen molar-refractivity contribution < 1.29 is 23.8 Å². The van der Waals surface area contributed by atoms with Gasteiger partial charge in [0.1, 0.15) is 18.0 Å². The van der Waals surface area contributed by atoms with E-state index in [1.54, 1.807) is 31.2 Å². The molecular formula is C16H17NO5. The normalized spacial score (nSPS) is 19.3. The SMILES string of the molecule is CC(O)(CNC(=O)C1COc2ccccc2O1)c1ccco1. The first-order valence-electron chi connectivity index (χ1n) is 6.99. The largest absolute Gasteiger partial charge is 0.485 e. The lowest BCUT2D eigenvalue weighted by atomic mass is 10.0. The van der Waals surface area contributed by atoms with Gasteiger partial charge < -0.3 is 24.3 Å². The Hall–Kier alpha value is -2.47. The molecule has 0 radical (unpaired) electrons. The van der Waals surface area contributed by atoms with Gasteiger partial charge in [0.15, 0.2) is 11.5 Å². The third kappa shape index (κ3) is 2.92. The van der Waals surface area contributed by atoms with Crippen LogP contribution in [-0.2, 0) is 10.4 Å². The number of nitrogens with one attached hydrogen (secondary N) is 1. The van der Waals surface area contributed by atoms with E-state index in [0.717, 1.165) is 0 Å². The van der Waals surface area contributed by atoms with Crippen molar-refractivity contribution in [2.24, 2.45) is 0 Å². The highest BCUT2D eigenvalue weighted by Crippen LogP contribution is 2.31. The average molecular weight is 303 g/mol. The second-order valence-corrected chi connectivity index (χ2v) is 5.33. The van der Waals surface area contributed by atoms with Gasteiger partial charge in [-0.1, -0.05) is 12.1 Å². The molecule has 6 nitrogen and oxygen atoms in total. The van der Waals surface area contributed by atoms with Crippen molar-refractivity contribution in [1.29, 1.82) is 0 Å². The van der Waals surface area contributed by atoms with Crippen LogP contribution in [0.25, 0.3) is 0 Å². The summed E-state index contributed by atoms with van der Waals surface area (Å²) >= 11 is 0. The molecule has 0 spiro atoms. The molecule has 2 unspecified atom stereocenters. The number of carbonyl (C=O) groups excluding carboxylic acids is 1. The van der Waals surface area contributed by atoms with Crippen molar-refractivity contribution in [2.75, 3.05) is 13.2 Å². The molecule has 0 saturated heterocycles. The van der Waals surface area contributed by atoms with E-state index in [1.165, 1.54) is 6.26 Å². The first-order valence-corrected chi connectivity index (χ1v) is 6.99. The van der Waals surface area contributed by atoms with Crippen LogP contribution in [0.5, 0.6) is 11.5 Å². The number of amides is 1. The molecule has 2 aromatic rings. The number of aliphatic hydroxyl groups is 1. The van der Waals surface area contributed by atoms with Crippen molar-refractivity contribution in [1.82, 2.24) is 5.32 Å². The number of ether oxygens (including phenoxy) is 2. The quantitative estimate of drug-likeness (QED) is 0.893. The molecule has 0 aliphatic carbocycles. The first-order chi connectivity index (χ1) is 10.6. The third-order valence-electron chi connectivity index (χ3n) is 3.46. The lowest BCUT2D eigenvalue weighted by Gasteiger charge is -2.27. The van der Waals surface area contributed by atoms with Gasteiger partial charge in [0.2, 0.25) is 6.10 Å². The summed E-state index contributed by atoms with van der Waals surface area (Å²) < 4.78 is 16.3. The predicted molar refractivity (Wildman–Crippen MR) is 77.6 cm³/mol. The fraction of sp³-hybridized carbons (Fsp3) is 0.312. The summed E-state index contributed by atoms with van der Waals surface area (Å²) in [6.45, 7) is 1.71. The monoisotopic (exact) mass is 303 g/mol. The van der Waals surface area contributed by atoms with E-state index in [0.29, 0.717) is 17.3 Å². The van der Waals surface area contributed by atoms with Gasteiger partial charge >= 0.3 is 0 Å². The van der Waals surface area contributed by atoms with Gasteiger partial charge in [-0.05, 0) is 31.2 Å². The Balaban J connectivity index is 1.59. The zero-order valence-electron chi connectivity index (χ0n) is 12.1. The van der Waals surface area contributed by atoms with Gasteiger partial charge in [0.05, 0.1) is 12.8 Å². The maximum absolute atomic E-state index is 12.2. The highest BCUT2D eigenvalue weighted by molar-refractivity contribution is 5.81. The van der Waals surface area contributed by atoms with Gasteiger partial charge in [0, 0.05) is 0 Å². The lowest BCUT2D eigenvalue weighted by Crippen LogP contribution is -2.47. The molecule has 1 aromatic heterocycles. The van der Waals surface area contributed by atoms with Crippen molar-refractivity contribution in [3.8, 4) is 11.5 Å². The van der Waals surface area contributed by atoms with E-state index >= 15 is 0 Å². The molecule has 1 amide bonds. The fourth-order valence-corrected chi connectivity index (χ4v) is 2.19. The molecule has 1 aliphatic rings. The van der Waals surface area contributed by atoms with Crippen LogP contribution in [0.4, 0.5) is 0 Å². The Morgan fingerprint density at radius 2 is 2.09 bits per heavy atom. The average Bonchev–Trinajstić information content (AvgIpc) is 3.07. The van der Waals surface area contributed by atoms with Crippen LogP contribution in [0.15, 0.2) is 47.1 Å². The molecule has 1 aromatic carbocycles. The Kier molecular flexibility index (Phi) is 3.77. The molecule has 6 heteroatoms. The van der Waals surface area contributed by atoms with Crippen LogP contribution in [-0.4, -0.2) is 30.3 Å². The summed E-state index contributed by atoms with van der Waals surface area (Å²) in [5.74, 6) is 1.20. The summed E-state index contributed by atoms with van der Waals surface area (Å²) in [6.07, 6.45) is 0.725. The van der Waals surface area contributed by atoms with Gasteiger partial charge in [-0.25, -0.2) is 0 Å². The predicted octanol–water partition coefficient (Wildman–Crippen LogP) is 1.44. The molecule has 3 rings (SSSR count). The maximum Gasteiger partial charge on any atom is 0.264 e. The molecule has 116 valence electrons. The number of carbonyl (C=O) groups is 1. The Morgan fingerprint density at radius 3 is 2.82 bits per heavy atom. The summed E-state index contributed by atoms with van der Waals surface area (Å²) in [5.41, 5.74) is -1.29. The minimum absolute atomic E-state index is 0.0147. The minimum atomic E-state index is -1.29. The van der Waals surface area contributed by atoms with Crippen molar-refractivity contribution in [2.45, 2.75) is 18.6 Å². The van der Waals surface area contributed by atoms with E-state index in [9.17, 15) is 9.90 Å². The smallest absolute Gasteiger partial charge is 0.264 e. The summed E-state index contributed by atoms with van der Waals surface area (Å²) in [5, 5.41) is 13.0. The summed E-state index contributed by atoms with van der Waals surface area (Å²) in [4.78, 5) is 12.2. The molecule has 1 aliphatic heterocycles. The van der Waals surface area contributed by atoms with E-state index < -0.39 is 11.7 Å². The number of rotatable bonds is 4. The number of fused-ring (bicyclic) bond motifs is 1. The summed E-state index contributed by atoms with van der Waals surface area (Å²) in [7, 11) is 0. The third-order valence-corrected chi connectivity index (χ3v) is 3.46. The van der Waals surface area contributed by atoms with Crippen LogP contribution in [0.1, 0.15) is 12.7 Å². The second kappa shape index (κ2) is 5.73. The molecule has 0 bridgehead atoms. The van der Waals surface area contributed by atoms with Crippen LogP contribution in [0, 0.1) is 0 Å². The second-order valence-electron chi connectivity index (χ2n) is 5.33. The number of furan rings is 1. The van der Waals surface area contributed by atoms with Crippen LogP contribution < -0.4 is 14.8 Å². The van der Waals surface area contributed by atoms with Crippen molar-refractivity contribution >= 4 is 5.91 Å². The number of benzene rings is 1. The lowest BCUT2D eigenvalue weighted by molar-refractivity contribution is -0.131. The highest BCUT2D eigenvalue weighted by atomic mass is 16.6. The van der Waals surface area contributed by atoms with E-state index in [1.807, 2.05) is 12.1 Å². The van der Waals surface area contributed by atoms with E-state index in [-0.39, 0.29) is 19.1 Å². The topological polar surface area (TPSA) is 80.9 Å². The maximum atomic E-state index is 12.2.